The van der Waals surface area contributed by atoms with Gasteiger partial charge in [-0.25, -0.2) is 9.78 Å². The number of hydrogen-bond donors (Lipinski definition) is 2. The second kappa shape index (κ2) is 9.36. The molecule has 0 saturated carbocycles. The lowest BCUT2D eigenvalue weighted by Gasteiger charge is -2.12. The number of aromatic nitrogens is 2. The molecule has 0 bridgehead atoms. The Bertz CT molecular complexity index is 1070. The summed E-state index contributed by atoms with van der Waals surface area (Å²) in [6.07, 6.45) is -0.140. The van der Waals surface area contributed by atoms with Crippen LogP contribution in [0.2, 0.25) is 0 Å². The van der Waals surface area contributed by atoms with Crippen LogP contribution in [0.25, 0.3) is 0 Å². The summed E-state index contributed by atoms with van der Waals surface area (Å²) in [6, 6.07) is 7.04. The SMILES string of the molecule is COC(=O)c1c(CC(=O)Nc2ccccc2OCc2cscn2)[nH]c(C(C)=O)c1C. The van der Waals surface area contributed by atoms with Gasteiger partial charge in [0.1, 0.15) is 12.4 Å². The van der Waals surface area contributed by atoms with Gasteiger partial charge in [0.15, 0.2) is 5.78 Å². The molecule has 0 atom stereocenters. The maximum Gasteiger partial charge on any atom is 0.339 e. The smallest absolute Gasteiger partial charge is 0.339 e. The number of carbonyl (C=O) groups is 3. The summed E-state index contributed by atoms with van der Waals surface area (Å²) in [4.78, 5) is 43.7. The van der Waals surface area contributed by atoms with Crippen LogP contribution >= 0.6 is 11.3 Å². The molecule has 2 aromatic heterocycles. The second-order valence-electron chi connectivity index (χ2n) is 6.52. The first-order chi connectivity index (χ1) is 14.4. The van der Waals surface area contributed by atoms with Crippen molar-refractivity contribution in [3.05, 3.63) is 63.4 Å². The van der Waals surface area contributed by atoms with E-state index in [0.29, 0.717) is 22.7 Å². The number of carbonyl (C=O) groups excluding carboxylic acids is 3. The molecule has 0 aliphatic carbocycles. The Balaban J connectivity index is 1.77. The van der Waals surface area contributed by atoms with E-state index in [4.69, 9.17) is 9.47 Å². The second-order valence-corrected chi connectivity index (χ2v) is 7.23. The maximum absolute atomic E-state index is 12.7. The average Bonchev–Trinajstić information content (AvgIpc) is 3.34. The van der Waals surface area contributed by atoms with E-state index in [0.717, 1.165) is 5.69 Å². The van der Waals surface area contributed by atoms with Crippen LogP contribution in [-0.2, 0) is 22.6 Å². The first-order valence-corrected chi connectivity index (χ1v) is 10.0. The summed E-state index contributed by atoms with van der Waals surface area (Å²) < 4.78 is 10.6. The van der Waals surface area contributed by atoms with Gasteiger partial charge >= 0.3 is 5.97 Å². The minimum absolute atomic E-state index is 0.140. The molecule has 9 heteroatoms. The van der Waals surface area contributed by atoms with Crippen LogP contribution in [0, 0.1) is 6.92 Å². The highest BCUT2D eigenvalue weighted by atomic mass is 32.1. The monoisotopic (exact) mass is 427 g/mol. The standard InChI is InChI=1S/C21H21N3O5S/c1-12-19(21(27)28-3)16(24-20(12)13(2)25)8-18(26)23-15-6-4-5-7-17(15)29-9-14-10-30-11-22-14/h4-7,10-11,24H,8-9H2,1-3H3,(H,23,26). The lowest BCUT2D eigenvalue weighted by molar-refractivity contribution is -0.115. The number of H-pyrrole nitrogens is 1. The van der Waals surface area contributed by atoms with E-state index in [1.807, 2.05) is 5.38 Å². The molecule has 0 aliphatic rings. The fraction of sp³-hybridized carbons (Fsp3) is 0.238. The van der Waals surface area contributed by atoms with Gasteiger partial charge in [0.25, 0.3) is 0 Å². The number of nitrogens with zero attached hydrogens (tertiary/aromatic N) is 1. The molecule has 0 radical (unpaired) electrons. The zero-order valence-corrected chi connectivity index (χ0v) is 17.6. The lowest BCUT2D eigenvalue weighted by Crippen LogP contribution is -2.17. The largest absolute Gasteiger partial charge is 0.485 e. The van der Waals surface area contributed by atoms with Gasteiger partial charge in [-0.1, -0.05) is 12.1 Å². The number of amides is 1. The molecular weight excluding hydrogens is 406 g/mol. The number of thiazole rings is 1. The Hall–Kier alpha value is -3.46. The minimum atomic E-state index is -0.606. The number of nitrogens with one attached hydrogen (secondary N) is 2. The zero-order valence-electron chi connectivity index (χ0n) is 16.8. The fourth-order valence-corrected chi connectivity index (χ4v) is 3.58. The van der Waals surface area contributed by atoms with E-state index in [1.165, 1.54) is 25.4 Å². The number of para-hydroxylation sites is 2. The van der Waals surface area contributed by atoms with Gasteiger partial charge in [-0.05, 0) is 24.6 Å². The number of esters is 1. The van der Waals surface area contributed by atoms with Crippen molar-refractivity contribution in [3.63, 3.8) is 0 Å². The number of anilines is 1. The number of hydrogen-bond acceptors (Lipinski definition) is 7. The topological polar surface area (TPSA) is 110 Å². The van der Waals surface area contributed by atoms with E-state index >= 15 is 0 Å². The third-order valence-corrected chi connectivity index (χ3v) is 5.06. The first kappa shape index (κ1) is 21.3. The Morgan fingerprint density at radius 1 is 1.23 bits per heavy atom. The highest BCUT2D eigenvalue weighted by Gasteiger charge is 2.24. The molecule has 2 heterocycles. The molecule has 156 valence electrons. The van der Waals surface area contributed by atoms with Crippen molar-refractivity contribution >= 4 is 34.7 Å². The van der Waals surface area contributed by atoms with Crippen LogP contribution in [0.4, 0.5) is 5.69 Å². The Morgan fingerprint density at radius 3 is 2.67 bits per heavy atom. The maximum atomic E-state index is 12.7. The Kier molecular flexibility index (Phi) is 6.63. The molecule has 2 N–H and O–H groups in total. The van der Waals surface area contributed by atoms with Crippen LogP contribution in [0.3, 0.4) is 0 Å². The molecule has 0 aliphatic heterocycles. The molecule has 3 rings (SSSR count). The van der Waals surface area contributed by atoms with Crippen LogP contribution in [0.1, 0.15) is 44.7 Å². The quantitative estimate of drug-likeness (QED) is 0.420. The van der Waals surface area contributed by atoms with Crippen LogP contribution in [0.15, 0.2) is 35.2 Å². The molecule has 1 amide bonds. The first-order valence-electron chi connectivity index (χ1n) is 9.10. The lowest BCUT2D eigenvalue weighted by atomic mass is 10.1. The molecule has 8 nitrogen and oxygen atoms in total. The molecule has 0 spiro atoms. The average molecular weight is 427 g/mol. The molecule has 1 aromatic carbocycles. The molecule has 3 aromatic rings. The fourth-order valence-electron chi connectivity index (χ4n) is 3.03. The zero-order chi connectivity index (χ0) is 21.7. The van der Waals surface area contributed by atoms with Crippen molar-refractivity contribution in [2.75, 3.05) is 12.4 Å². The van der Waals surface area contributed by atoms with E-state index in [9.17, 15) is 14.4 Å². The normalized spacial score (nSPS) is 10.5. The molecule has 0 unspecified atom stereocenters. The predicted molar refractivity (Wildman–Crippen MR) is 112 cm³/mol. The van der Waals surface area contributed by atoms with Crippen molar-refractivity contribution < 1.29 is 23.9 Å². The summed E-state index contributed by atoms with van der Waals surface area (Å²) in [7, 11) is 1.25. The van der Waals surface area contributed by atoms with E-state index in [1.54, 1.807) is 36.7 Å². The van der Waals surface area contributed by atoms with Crippen molar-refractivity contribution in [1.29, 1.82) is 0 Å². The molecule has 0 fully saturated rings. The third-order valence-electron chi connectivity index (χ3n) is 4.43. The number of rotatable bonds is 8. The Morgan fingerprint density at radius 2 is 2.00 bits per heavy atom. The number of benzene rings is 1. The van der Waals surface area contributed by atoms with Crippen LogP contribution in [-0.4, -0.2) is 34.7 Å². The van der Waals surface area contributed by atoms with Crippen LogP contribution in [0.5, 0.6) is 5.75 Å². The number of methoxy groups -OCH3 is 1. The van der Waals surface area contributed by atoms with E-state index in [2.05, 4.69) is 15.3 Å². The number of Topliss-reactive ketones (excluding diaryl/α,β-unsaturated/α-hetero) is 1. The predicted octanol–water partition coefficient (Wildman–Crippen LogP) is 3.53. The summed E-state index contributed by atoms with van der Waals surface area (Å²) in [5.41, 5.74) is 4.27. The number of aromatic amines is 1. The van der Waals surface area contributed by atoms with E-state index < -0.39 is 5.97 Å². The third kappa shape index (κ3) is 4.74. The number of ketones is 1. The summed E-state index contributed by atoms with van der Waals surface area (Å²) in [6.45, 7) is 3.31. The minimum Gasteiger partial charge on any atom is -0.485 e. The van der Waals surface area contributed by atoms with Crippen molar-refractivity contribution in [1.82, 2.24) is 9.97 Å². The van der Waals surface area contributed by atoms with Gasteiger partial charge in [-0.3, -0.25) is 9.59 Å². The van der Waals surface area contributed by atoms with Gasteiger partial charge in [0.05, 0.1) is 41.7 Å². The van der Waals surface area contributed by atoms with Crippen LogP contribution < -0.4 is 10.1 Å². The molecule has 0 saturated heterocycles. The molecular formula is C21H21N3O5S. The highest BCUT2D eigenvalue weighted by Crippen LogP contribution is 2.26. The van der Waals surface area contributed by atoms with Gasteiger partial charge in [0, 0.05) is 18.0 Å². The van der Waals surface area contributed by atoms with Gasteiger partial charge in [0.2, 0.25) is 5.91 Å². The van der Waals surface area contributed by atoms with Crippen molar-refractivity contribution in [2.24, 2.45) is 0 Å². The molecule has 30 heavy (non-hydrogen) atoms. The van der Waals surface area contributed by atoms with Gasteiger partial charge in [-0.15, -0.1) is 11.3 Å². The summed E-state index contributed by atoms with van der Waals surface area (Å²) in [5, 5.41) is 4.68. The van der Waals surface area contributed by atoms with Crippen molar-refractivity contribution in [2.45, 2.75) is 26.9 Å². The van der Waals surface area contributed by atoms with Gasteiger partial charge in [-0.2, -0.15) is 0 Å². The number of ether oxygens (including phenoxy) is 2. The van der Waals surface area contributed by atoms with Crippen molar-refractivity contribution in [3.8, 4) is 5.75 Å². The highest BCUT2D eigenvalue weighted by molar-refractivity contribution is 7.07. The Labute approximate surface area is 177 Å². The summed E-state index contributed by atoms with van der Waals surface area (Å²) in [5.74, 6) is -0.712. The van der Waals surface area contributed by atoms with E-state index in [-0.39, 0.29) is 36.0 Å². The summed E-state index contributed by atoms with van der Waals surface area (Å²) >= 11 is 1.48. The van der Waals surface area contributed by atoms with Gasteiger partial charge < -0.3 is 19.8 Å².